The Morgan fingerprint density at radius 3 is 2.70 bits per heavy atom. The summed E-state index contributed by atoms with van der Waals surface area (Å²) in [5.74, 6) is 0.0915. The zero-order valence-electron chi connectivity index (χ0n) is 12.9. The van der Waals surface area contributed by atoms with Crippen molar-refractivity contribution >= 4 is 17.7 Å². The van der Waals surface area contributed by atoms with Crippen LogP contribution in [0.3, 0.4) is 0 Å². The Morgan fingerprint density at radius 1 is 1.45 bits per heavy atom. The number of nitrogens with one attached hydrogen (secondary N) is 1. The fourth-order valence-electron chi connectivity index (χ4n) is 2.80. The molecule has 0 radical (unpaired) electrons. The number of amides is 1. The summed E-state index contributed by atoms with van der Waals surface area (Å²) in [5.41, 5.74) is 2.34. The number of thioether (sulfide) groups is 1. The van der Waals surface area contributed by atoms with Crippen LogP contribution in [0.15, 0.2) is 5.16 Å². The van der Waals surface area contributed by atoms with Crippen LogP contribution in [-0.2, 0) is 4.79 Å². The van der Waals surface area contributed by atoms with Crippen molar-refractivity contribution in [1.82, 2.24) is 14.9 Å². The Hall–Kier alpha value is -0.970. The molecule has 1 aliphatic carbocycles. The number of carbonyl (C=O) groups is 1. The SMILES string of the molecule is CCNC(=O)[C@H](C)Sc1nc(C)c(C)n1C1CCCC1. The average Bonchev–Trinajstić information content (AvgIpc) is 3.00. The first-order valence-corrected chi connectivity index (χ1v) is 8.42. The summed E-state index contributed by atoms with van der Waals surface area (Å²) in [4.78, 5) is 16.6. The zero-order chi connectivity index (χ0) is 14.7. The van der Waals surface area contributed by atoms with Crippen molar-refractivity contribution in [2.24, 2.45) is 0 Å². The van der Waals surface area contributed by atoms with Gasteiger partial charge in [0, 0.05) is 18.3 Å². The number of aryl methyl sites for hydroxylation is 1. The molecule has 0 aromatic carbocycles. The molecule has 20 heavy (non-hydrogen) atoms. The van der Waals surface area contributed by atoms with Crippen LogP contribution in [0, 0.1) is 13.8 Å². The number of hydrogen-bond donors (Lipinski definition) is 1. The van der Waals surface area contributed by atoms with Crippen molar-refractivity contribution in [3.05, 3.63) is 11.4 Å². The van der Waals surface area contributed by atoms with Gasteiger partial charge in [-0.3, -0.25) is 4.79 Å². The van der Waals surface area contributed by atoms with Gasteiger partial charge in [0.2, 0.25) is 5.91 Å². The molecule has 0 aliphatic heterocycles. The van der Waals surface area contributed by atoms with E-state index in [9.17, 15) is 4.79 Å². The number of carbonyl (C=O) groups excluding carboxylic acids is 1. The van der Waals surface area contributed by atoms with E-state index in [1.165, 1.54) is 31.4 Å². The summed E-state index contributed by atoms with van der Waals surface area (Å²) in [6.45, 7) is 8.78. The normalized spacial score (nSPS) is 17.4. The molecule has 0 unspecified atom stereocenters. The fourth-order valence-corrected chi connectivity index (χ4v) is 3.90. The van der Waals surface area contributed by atoms with E-state index < -0.39 is 0 Å². The van der Waals surface area contributed by atoms with Crippen molar-refractivity contribution in [2.45, 2.75) is 69.8 Å². The first kappa shape index (κ1) is 15.4. The minimum atomic E-state index is -0.101. The summed E-state index contributed by atoms with van der Waals surface area (Å²) >= 11 is 1.58. The maximum absolute atomic E-state index is 11.9. The Kier molecular flexibility index (Phi) is 5.13. The second kappa shape index (κ2) is 6.66. The van der Waals surface area contributed by atoms with Gasteiger partial charge in [0.1, 0.15) is 0 Å². The third-order valence-corrected chi connectivity index (χ3v) is 5.11. The molecule has 0 bridgehead atoms. The van der Waals surface area contributed by atoms with Gasteiger partial charge in [-0.1, -0.05) is 24.6 Å². The van der Waals surface area contributed by atoms with Gasteiger partial charge in [-0.25, -0.2) is 4.98 Å². The molecule has 1 heterocycles. The van der Waals surface area contributed by atoms with Crippen LogP contribution >= 0.6 is 11.8 Å². The molecule has 112 valence electrons. The zero-order valence-corrected chi connectivity index (χ0v) is 13.7. The molecular formula is C15H25N3OS. The second-order valence-electron chi connectivity index (χ2n) is 5.53. The maximum atomic E-state index is 11.9. The van der Waals surface area contributed by atoms with Gasteiger partial charge >= 0.3 is 0 Å². The van der Waals surface area contributed by atoms with Crippen molar-refractivity contribution in [3.63, 3.8) is 0 Å². The molecule has 0 saturated heterocycles. The molecular weight excluding hydrogens is 270 g/mol. The monoisotopic (exact) mass is 295 g/mol. The molecule has 1 aromatic rings. The van der Waals surface area contributed by atoms with E-state index >= 15 is 0 Å². The Morgan fingerprint density at radius 2 is 2.10 bits per heavy atom. The molecule has 1 N–H and O–H groups in total. The Balaban J connectivity index is 2.18. The van der Waals surface area contributed by atoms with E-state index in [0.717, 1.165) is 10.9 Å². The molecule has 1 atom stereocenters. The molecule has 1 fully saturated rings. The van der Waals surface area contributed by atoms with E-state index in [1.54, 1.807) is 11.8 Å². The van der Waals surface area contributed by atoms with Gasteiger partial charge in [0.05, 0.1) is 10.9 Å². The third-order valence-electron chi connectivity index (χ3n) is 4.05. The number of nitrogens with zero attached hydrogens (tertiary/aromatic N) is 2. The van der Waals surface area contributed by atoms with Gasteiger partial charge in [-0.05, 0) is 40.5 Å². The summed E-state index contributed by atoms with van der Waals surface area (Å²) in [6.07, 6.45) is 5.08. The van der Waals surface area contributed by atoms with Crippen LogP contribution in [0.2, 0.25) is 0 Å². The van der Waals surface area contributed by atoms with Crippen molar-refractivity contribution in [3.8, 4) is 0 Å². The van der Waals surface area contributed by atoms with Crippen LogP contribution in [0.1, 0.15) is 57.0 Å². The lowest BCUT2D eigenvalue weighted by molar-refractivity contribution is -0.120. The highest BCUT2D eigenvalue weighted by Gasteiger charge is 2.25. The number of hydrogen-bond acceptors (Lipinski definition) is 3. The number of rotatable bonds is 5. The lowest BCUT2D eigenvalue weighted by atomic mass is 10.2. The highest BCUT2D eigenvalue weighted by Crippen LogP contribution is 2.36. The van der Waals surface area contributed by atoms with Gasteiger partial charge in [-0.15, -0.1) is 0 Å². The first-order chi connectivity index (χ1) is 9.54. The predicted octanol–water partition coefficient (Wildman–Crippen LogP) is 3.23. The lowest BCUT2D eigenvalue weighted by Gasteiger charge is -2.18. The predicted molar refractivity (Wildman–Crippen MR) is 83.2 cm³/mol. The molecule has 4 nitrogen and oxygen atoms in total. The van der Waals surface area contributed by atoms with Gasteiger partial charge < -0.3 is 9.88 Å². The average molecular weight is 295 g/mol. The smallest absolute Gasteiger partial charge is 0.233 e. The third kappa shape index (κ3) is 3.19. The molecule has 1 aliphatic rings. The van der Waals surface area contributed by atoms with E-state index in [1.807, 2.05) is 13.8 Å². The molecule has 1 saturated carbocycles. The lowest BCUT2D eigenvalue weighted by Crippen LogP contribution is -2.30. The van der Waals surface area contributed by atoms with E-state index in [-0.39, 0.29) is 11.2 Å². The van der Waals surface area contributed by atoms with Gasteiger partial charge in [0.25, 0.3) is 0 Å². The summed E-state index contributed by atoms with van der Waals surface area (Å²) in [6, 6.07) is 0.570. The summed E-state index contributed by atoms with van der Waals surface area (Å²) in [7, 11) is 0. The van der Waals surface area contributed by atoms with Crippen molar-refractivity contribution < 1.29 is 4.79 Å². The minimum Gasteiger partial charge on any atom is -0.355 e. The topological polar surface area (TPSA) is 46.9 Å². The molecule has 2 rings (SSSR count). The molecule has 1 amide bonds. The largest absolute Gasteiger partial charge is 0.355 e. The standard InChI is InChI=1S/C15H25N3OS/c1-5-16-14(19)12(4)20-15-17-10(2)11(3)18(15)13-8-6-7-9-13/h12-13H,5-9H2,1-4H3,(H,16,19)/t12-/m0/s1. The van der Waals surface area contributed by atoms with Gasteiger partial charge in [-0.2, -0.15) is 0 Å². The molecule has 0 spiro atoms. The molecule has 1 aromatic heterocycles. The van der Waals surface area contributed by atoms with Crippen molar-refractivity contribution in [2.75, 3.05) is 6.54 Å². The van der Waals surface area contributed by atoms with Gasteiger partial charge in [0.15, 0.2) is 5.16 Å². The highest BCUT2D eigenvalue weighted by molar-refractivity contribution is 8.00. The molecule has 5 heteroatoms. The van der Waals surface area contributed by atoms with E-state index in [4.69, 9.17) is 0 Å². The fraction of sp³-hybridized carbons (Fsp3) is 0.733. The summed E-state index contributed by atoms with van der Waals surface area (Å²) in [5, 5.41) is 3.78. The highest BCUT2D eigenvalue weighted by atomic mass is 32.2. The van der Waals surface area contributed by atoms with E-state index in [0.29, 0.717) is 12.6 Å². The Labute approximate surface area is 125 Å². The van der Waals surface area contributed by atoms with Crippen LogP contribution in [-0.4, -0.2) is 27.3 Å². The van der Waals surface area contributed by atoms with Crippen LogP contribution in [0.25, 0.3) is 0 Å². The van der Waals surface area contributed by atoms with Crippen LogP contribution < -0.4 is 5.32 Å². The van der Waals surface area contributed by atoms with Crippen molar-refractivity contribution in [1.29, 1.82) is 0 Å². The number of aromatic nitrogens is 2. The second-order valence-corrected chi connectivity index (χ2v) is 6.84. The Bertz CT molecular complexity index is 478. The minimum absolute atomic E-state index is 0.0915. The number of imidazole rings is 1. The van der Waals surface area contributed by atoms with E-state index in [2.05, 4.69) is 28.7 Å². The summed E-state index contributed by atoms with van der Waals surface area (Å²) < 4.78 is 2.36. The van der Waals surface area contributed by atoms with Crippen LogP contribution in [0.5, 0.6) is 0 Å². The maximum Gasteiger partial charge on any atom is 0.233 e. The first-order valence-electron chi connectivity index (χ1n) is 7.54. The van der Waals surface area contributed by atoms with Crippen LogP contribution in [0.4, 0.5) is 0 Å². The quantitative estimate of drug-likeness (QED) is 0.848.